The van der Waals surface area contributed by atoms with Gasteiger partial charge in [0.2, 0.25) is 0 Å². The lowest BCUT2D eigenvalue weighted by atomic mass is 10.3. The molecule has 0 saturated carbocycles. The van der Waals surface area contributed by atoms with Crippen LogP contribution in [0.25, 0.3) is 5.65 Å². The lowest BCUT2D eigenvalue weighted by Gasteiger charge is -2.10. The molecule has 5 nitrogen and oxygen atoms in total. The number of aliphatic imine (C=N–C) groups is 1. The van der Waals surface area contributed by atoms with E-state index in [1.165, 1.54) is 6.42 Å². The molecule has 6 heteroatoms. The van der Waals surface area contributed by atoms with E-state index in [0.29, 0.717) is 0 Å². The molecule has 2 aromatic rings. The Kier molecular flexibility index (Phi) is 8.88. The van der Waals surface area contributed by atoms with E-state index in [1.54, 1.807) is 0 Å². The fraction of sp³-hybridized carbons (Fsp3) is 0.500. The van der Waals surface area contributed by atoms with Gasteiger partial charge in [-0.15, -0.1) is 24.0 Å². The first-order chi connectivity index (χ1) is 10.3. The van der Waals surface area contributed by atoms with Gasteiger partial charge in [0.05, 0.1) is 5.69 Å². The van der Waals surface area contributed by atoms with Crippen molar-refractivity contribution in [3.8, 4) is 0 Å². The third-order valence-electron chi connectivity index (χ3n) is 3.21. The van der Waals surface area contributed by atoms with Crippen molar-refractivity contribution < 1.29 is 0 Å². The normalized spacial score (nSPS) is 11.3. The number of nitrogens with zero attached hydrogens (tertiary/aromatic N) is 3. The monoisotopic (exact) mass is 415 g/mol. The summed E-state index contributed by atoms with van der Waals surface area (Å²) in [5.74, 6) is 0.898. The molecule has 0 aliphatic rings. The Bertz CT molecular complexity index is 546. The molecule has 0 saturated heterocycles. The minimum absolute atomic E-state index is 0. The number of rotatable bonds is 7. The molecule has 0 amide bonds. The first-order valence-corrected chi connectivity index (χ1v) is 7.78. The first kappa shape index (κ1) is 18.7. The number of guanidine groups is 1. The molecule has 0 aliphatic heterocycles. The second-order valence-corrected chi connectivity index (χ2v) is 4.99. The van der Waals surface area contributed by atoms with E-state index in [0.717, 1.165) is 49.8 Å². The van der Waals surface area contributed by atoms with Crippen molar-refractivity contribution >= 4 is 35.6 Å². The molecule has 2 rings (SSSR count). The van der Waals surface area contributed by atoms with Crippen molar-refractivity contribution in [2.45, 2.75) is 33.1 Å². The van der Waals surface area contributed by atoms with Crippen molar-refractivity contribution in [1.29, 1.82) is 0 Å². The van der Waals surface area contributed by atoms with E-state index in [-0.39, 0.29) is 24.0 Å². The average Bonchev–Trinajstić information content (AvgIpc) is 2.90. The molecule has 22 heavy (non-hydrogen) atoms. The highest BCUT2D eigenvalue weighted by Crippen LogP contribution is 2.04. The predicted octanol–water partition coefficient (Wildman–Crippen LogP) is 2.85. The Balaban J connectivity index is 0.00000242. The summed E-state index contributed by atoms with van der Waals surface area (Å²) < 4.78 is 2.05. The number of hydrogen-bond acceptors (Lipinski definition) is 2. The number of imidazole rings is 1. The largest absolute Gasteiger partial charge is 0.357 e. The second-order valence-electron chi connectivity index (χ2n) is 4.99. The maximum atomic E-state index is 4.59. The number of unbranched alkanes of at least 4 members (excludes halogenated alkanes) is 1. The quantitative estimate of drug-likeness (QED) is 0.317. The molecule has 0 aliphatic carbocycles. The molecule has 0 atom stereocenters. The van der Waals surface area contributed by atoms with Gasteiger partial charge in [0.25, 0.3) is 0 Å². The molecule has 0 spiro atoms. The maximum Gasteiger partial charge on any atom is 0.191 e. The summed E-state index contributed by atoms with van der Waals surface area (Å²) in [4.78, 5) is 9.14. The standard InChI is InChI=1S/C16H25N5.HI/c1-3-5-10-18-16(17-4-2)19-11-9-14-13-21-12-7-6-8-15(21)20-14;/h6-8,12-13H,3-5,9-11H2,1-2H3,(H2,17,18,19);1H. The van der Waals surface area contributed by atoms with Gasteiger partial charge in [0, 0.05) is 38.4 Å². The van der Waals surface area contributed by atoms with Crippen LogP contribution in [0.1, 0.15) is 32.4 Å². The molecule has 0 fully saturated rings. The molecular formula is C16H26IN5. The van der Waals surface area contributed by atoms with Crippen LogP contribution in [0.15, 0.2) is 35.6 Å². The highest BCUT2D eigenvalue weighted by molar-refractivity contribution is 14.0. The summed E-state index contributed by atoms with van der Waals surface area (Å²) >= 11 is 0. The van der Waals surface area contributed by atoms with Crippen LogP contribution in [0.2, 0.25) is 0 Å². The summed E-state index contributed by atoms with van der Waals surface area (Å²) in [5.41, 5.74) is 2.09. The zero-order valence-electron chi connectivity index (χ0n) is 13.4. The SMILES string of the molecule is CCCCN=C(NCC)NCCc1cn2ccccc2n1.I. The van der Waals surface area contributed by atoms with E-state index in [4.69, 9.17) is 0 Å². The number of hydrogen-bond donors (Lipinski definition) is 2. The highest BCUT2D eigenvalue weighted by atomic mass is 127. The molecular weight excluding hydrogens is 389 g/mol. The van der Waals surface area contributed by atoms with Crippen molar-refractivity contribution in [1.82, 2.24) is 20.0 Å². The lowest BCUT2D eigenvalue weighted by molar-refractivity contribution is 0.764. The van der Waals surface area contributed by atoms with Gasteiger partial charge in [-0.1, -0.05) is 19.4 Å². The second kappa shape index (κ2) is 10.4. The topological polar surface area (TPSA) is 53.7 Å². The number of fused-ring (bicyclic) bond motifs is 1. The molecule has 0 radical (unpaired) electrons. The smallest absolute Gasteiger partial charge is 0.191 e. The number of pyridine rings is 1. The van der Waals surface area contributed by atoms with Crippen LogP contribution in [0.4, 0.5) is 0 Å². The Morgan fingerprint density at radius 3 is 2.86 bits per heavy atom. The van der Waals surface area contributed by atoms with Crippen LogP contribution in [-0.2, 0) is 6.42 Å². The van der Waals surface area contributed by atoms with Gasteiger partial charge < -0.3 is 15.0 Å². The van der Waals surface area contributed by atoms with E-state index < -0.39 is 0 Å². The van der Waals surface area contributed by atoms with E-state index in [9.17, 15) is 0 Å². The molecule has 0 aromatic carbocycles. The Morgan fingerprint density at radius 1 is 1.27 bits per heavy atom. The van der Waals surface area contributed by atoms with Crippen molar-refractivity contribution in [2.24, 2.45) is 4.99 Å². The van der Waals surface area contributed by atoms with Gasteiger partial charge in [-0.25, -0.2) is 4.98 Å². The van der Waals surface area contributed by atoms with Gasteiger partial charge in [-0.2, -0.15) is 0 Å². The van der Waals surface area contributed by atoms with Gasteiger partial charge in [0.15, 0.2) is 5.96 Å². The van der Waals surface area contributed by atoms with E-state index in [1.807, 2.05) is 24.4 Å². The molecule has 0 unspecified atom stereocenters. The number of halogens is 1. The van der Waals surface area contributed by atoms with Gasteiger partial charge in [-0.3, -0.25) is 4.99 Å². The van der Waals surface area contributed by atoms with Crippen molar-refractivity contribution in [3.63, 3.8) is 0 Å². The van der Waals surface area contributed by atoms with Crippen LogP contribution >= 0.6 is 24.0 Å². The molecule has 122 valence electrons. The number of aromatic nitrogens is 2. The van der Waals surface area contributed by atoms with Crippen LogP contribution in [0.5, 0.6) is 0 Å². The molecule has 2 aromatic heterocycles. The van der Waals surface area contributed by atoms with E-state index in [2.05, 4.69) is 45.1 Å². The van der Waals surface area contributed by atoms with Crippen LogP contribution in [0.3, 0.4) is 0 Å². The Morgan fingerprint density at radius 2 is 2.14 bits per heavy atom. The highest BCUT2D eigenvalue weighted by Gasteiger charge is 2.01. The summed E-state index contributed by atoms with van der Waals surface area (Å²) in [5, 5.41) is 6.63. The van der Waals surface area contributed by atoms with Crippen LogP contribution in [0, 0.1) is 0 Å². The molecule has 2 heterocycles. The zero-order valence-corrected chi connectivity index (χ0v) is 15.7. The van der Waals surface area contributed by atoms with Crippen molar-refractivity contribution in [3.05, 3.63) is 36.3 Å². The van der Waals surface area contributed by atoms with Crippen LogP contribution < -0.4 is 10.6 Å². The summed E-state index contributed by atoms with van der Waals surface area (Å²) in [6, 6.07) is 6.04. The maximum absolute atomic E-state index is 4.59. The first-order valence-electron chi connectivity index (χ1n) is 7.78. The zero-order chi connectivity index (χ0) is 14.9. The van der Waals surface area contributed by atoms with E-state index >= 15 is 0 Å². The summed E-state index contributed by atoms with van der Waals surface area (Å²) in [7, 11) is 0. The van der Waals surface area contributed by atoms with Crippen molar-refractivity contribution in [2.75, 3.05) is 19.6 Å². The molecule has 0 bridgehead atoms. The van der Waals surface area contributed by atoms with Gasteiger partial charge >= 0.3 is 0 Å². The number of nitrogens with one attached hydrogen (secondary N) is 2. The summed E-state index contributed by atoms with van der Waals surface area (Å²) in [6.07, 6.45) is 7.29. The third kappa shape index (κ3) is 5.82. The predicted molar refractivity (Wildman–Crippen MR) is 103 cm³/mol. The fourth-order valence-corrected chi connectivity index (χ4v) is 2.11. The summed E-state index contributed by atoms with van der Waals surface area (Å²) in [6.45, 7) is 6.85. The lowest BCUT2D eigenvalue weighted by Crippen LogP contribution is -2.38. The fourth-order valence-electron chi connectivity index (χ4n) is 2.11. The molecule has 2 N–H and O–H groups in total. The third-order valence-corrected chi connectivity index (χ3v) is 3.21. The average molecular weight is 415 g/mol. The van der Waals surface area contributed by atoms with Gasteiger partial charge in [-0.05, 0) is 25.5 Å². The van der Waals surface area contributed by atoms with Gasteiger partial charge in [0.1, 0.15) is 5.65 Å². The Labute approximate surface area is 149 Å². The minimum Gasteiger partial charge on any atom is -0.357 e. The Hall–Kier alpha value is -1.31. The minimum atomic E-state index is 0. The van der Waals surface area contributed by atoms with Crippen LogP contribution in [-0.4, -0.2) is 35.0 Å².